The van der Waals surface area contributed by atoms with Crippen LogP contribution in [0.1, 0.15) is 0 Å². The zero-order chi connectivity index (χ0) is 19.1. The minimum atomic E-state index is 0.628. The summed E-state index contributed by atoms with van der Waals surface area (Å²) in [5.41, 5.74) is 3.61. The molecule has 5 aromatic rings. The Labute approximate surface area is 173 Å². The van der Waals surface area contributed by atoms with Gasteiger partial charge in [0.25, 0.3) is 0 Å². The Morgan fingerprint density at radius 2 is 1.89 bits per heavy atom. The highest BCUT2D eigenvalue weighted by molar-refractivity contribution is 9.10. The Balaban J connectivity index is 1.67. The molecule has 0 aliphatic rings. The minimum Gasteiger partial charge on any atom is -0.340 e. The summed E-state index contributed by atoms with van der Waals surface area (Å²) in [5, 5.41) is 13.0. The number of nitrogens with zero attached hydrogens (tertiary/aromatic N) is 3. The molecule has 5 rings (SSSR count). The fourth-order valence-electron chi connectivity index (χ4n) is 3.11. The Kier molecular flexibility index (Phi) is 4.22. The molecule has 3 aromatic carbocycles. The summed E-state index contributed by atoms with van der Waals surface area (Å²) in [6, 6.07) is 19.5. The van der Waals surface area contributed by atoms with Crippen LogP contribution in [0.3, 0.4) is 0 Å². The minimum absolute atomic E-state index is 0.628. The molecule has 0 saturated heterocycles. The molecule has 0 fully saturated rings. The van der Waals surface area contributed by atoms with Crippen molar-refractivity contribution < 1.29 is 0 Å². The van der Waals surface area contributed by atoms with Crippen LogP contribution in [0.2, 0.25) is 5.02 Å². The van der Waals surface area contributed by atoms with E-state index in [-0.39, 0.29) is 0 Å². The van der Waals surface area contributed by atoms with Crippen LogP contribution in [0.15, 0.2) is 71.3 Å². The van der Waals surface area contributed by atoms with E-state index in [1.165, 1.54) is 0 Å². The Hall–Kier alpha value is -2.96. The van der Waals surface area contributed by atoms with E-state index < -0.39 is 0 Å². The van der Waals surface area contributed by atoms with Crippen LogP contribution in [-0.4, -0.2) is 20.2 Å². The first-order chi connectivity index (χ1) is 13.7. The molecule has 0 amide bonds. The largest absolute Gasteiger partial charge is 0.340 e. The first-order valence-corrected chi connectivity index (χ1v) is 9.76. The lowest BCUT2D eigenvalue weighted by molar-refractivity contribution is 1.12. The first-order valence-electron chi connectivity index (χ1n) is 8.59. The van der Waals surface area contributed by atoms with Crippen molar-refractivity contribution in [3.05, 3.63) is 76.4 Å². The Bertz CT molecular complexity index is 1330. The highest BCUT2D eigenvalue weighted by atomic mass is 79.9. The molecule has 0 aliphatic carbocycles. The number of benzene rings is 3. The molecule has 28 heavy (non-hydrogen) atoms. The fraction of sp³-hybridized carbons (Fsp3) is 0. The Morgan fingerprint density at radius 3 is 2.79 bits per heavy atom. The third-order valence-corrected chi connectivity index (χ3v) is 5.17. The molecule has 2 aromatic heterocycles. The van der Waals surface area contributed by atoms with Crippen molar-refractivity contribution >= 4 is 60.8 Å². The molecule has 0 unspecified atom stereocenters. The second kappa shape index (κ2) is 6.89. The van der Waals surface area contributed by atoms with Crippen LogP contribution in [0.5, 0.6) is 0 Å². The van der Waals surface area contributed by atoms with Gasteiger partial charge in [-0.2, -0.15) is 5.10 Å². The number of anilines is 2. The van der Waals surface area contributed by atoms with Gasteiger partial charge in [0.2, 0.25) is 0 Å². The summed E-state index contributed by atoms with van der Waals surface area (Å²) in [6.45, 7) is 0. The van der Waals surface area contributed by atoms with Gasteiger partial charge in [-0.05, 0) is 48.5 Å². The molecule has 0 atom stereocenters. The quantitative estimate of drug-likeness (QED) is 0.337. The van der Waals surface area contributed by atoms with E-state index in [9.17, 15) is 0 Å². The predicted molar refractivity (Wildman–Crippen MR) is 117 cm³/mol. The van der Waals surface area contributed by atoms with Crippen molar-refractivity contribution in [3.63, 3.8) is 0 Å². The highest BCUT2D eigenvalue weighted by Crippen LogP contribution is 2.30. The van der Waals surface area contributed by atoms with Gasteiger partial charge in [-0.1, -0.05) is 39.7 Å². The van der Waals surface area contributed by atoms with Crippen LogP contribution < -0.4 is 5.32 Å². The molecule has 7 heteroatoms. The van der Waals surface area contributed by atoms with Crippen molar-refractivity contribution in [2.45, 2.75) is 0 Å². The molecular formula is C21H13BrClN5. The number of aromatic amines is 1. The molecule has 5 nitrogen and oxygen atoms in total. The van der Waals surface area contributed by atoms with Crippen molar-refractivity contribution in [1.29, 1.82) is 0 Å². The van der Waals surface area contributed by atoms with Gasteiger partial charge in [0, 0.05) is 31.5 Å². The average molecular weight is 451 g/mol. The van der Waals surface area contributed by atoms with E-state index in [0.29, 0.717) is 10.8 Å². The number of halogens is 2. The summed E-state index contributed by atoms with van der Waals surface area (Å²) in [5.74, 6) is 1.35. The van der Waals surface area contributed by atoms with Gasteiger partial charge in [0.15, 0.2) is 5.82 Å². The van der Waals surface area contributed by atoms with Crippen LogP contribution >= 0.6 is 27.5 Å². The number of hydrogen-bond donors (Lipinski definition) is 2. The van der Waals surface area contributed by atoms with Gasteiger partial charge in [-0.3, -0.25) is 5.10 Å². The smallest absolute Gasteiger partial charge is 0.162 e. The number of aromatic nitrogens is 4. The van der Waals surface area contributed by atoms with Gasteiger partial charge < -0.3 is 5.32 Å². The zero-order valence-corrected chi connectivity index (χ0v) is 16.8. The van der Waals surface area contributed by atoms with Crippen LogP contribution in [0.25, 0.3) is 33.2 Å². The lowest BCUT2D eigenvalue weighted by Crippen LogP contribution is -1.99. The summed E-state index contributed by atoms with van der Waals surface area (Å²) >= 11 is 9.72. The molecule has 0 spiro atoms. The van der Waals surface area contributed by atoms with Crippen molar-refractivity contribution in [2.75, 3.05) is 5.32 Å². The van der Waals surface area contributed by atoms with E-state index in [0.717, 1.165) is 43.3 Å². The number of rotatable bonds is 3. The summed E-state index contributed by atoms with van der Waals surface area (Å²) in [4.78, 5) is 9.52. The van der Waals surface area contributed by atoms with Gasteiger partial charge in [0.05, 0.1) is 17.2 Å². The van der Waals surface area contributed by atoms with E-state index in [1.807, 2.05) is 60.7 Å². The fourth-order valence-corrected chi connectivity index (χ4v) is 3.68. The standard InChI is InChI=1S/C21H13BrClN5/c22-14-3-1-2-12(8-14)20-26-19-10-15(23)4-6-17(19)21(27-20)25-16-5-7-18-13(9-16)11-24-28-18/h1-11H,(H,24,28)(H,25,26,27). The molecule has 0 bridgehead atoms. The van der Waals surface area contributed by atoms with Crippen LogP contribution in [0, 0.1) is 0 Å². The van der Waals surface area contributed by atoms with Crippen LogP contribution in [-0.2, 0) is 0 Å². The van der Waals surface area contributed by atoms with Crippen molar-refractivity contribution in [3.8, 4) is 11.4 Å². The van der Waals surface area contributed by atoms with Crippen molar-refractivity contribution in [2.24, 2.45) is 0 Å². The van der Waals surface area contributed by atoms with Crippen molar-refractivity contribution in [1.82, 2.24) is 20.2 Å². The zero-order valence-electron chi connectivity index (χ0n) is 14.4. The molecule has 0 saturated carbocycles. The number of hydrogen-bond acceptors (Lipinski definition) is 4. The Morgan fingerprint density at radius 1 is 0.964 bits per heavy atom. The summed E-state index contributed by atoms with van der Waals surface area (Å²) in [7, 11) is 0. The average Bonchev–Trinajstić information content (AvgIpc) is 3.15. The lowest BCUT2D eigenvalue weighted by atomic mass is 10.1. The van der Waals surface area contributed by atoms with E-state index in [1.54, 1.807) is 6.20 Å². The predicted octanol–water partition coefficient (Wildman–Crippen LogP) is 6.33. The van der Waals surface area contributed by atoms with Crippen LogP contribution in [0.4, 0.5) is 11.5 Å². The second-order valence-corrected chi connectivity index (χ2v) is 7.72. The third-order valence-electron chi connectivity index (χ3n) is 4.44. The number of H-pyrrole nitrogens is 1. The maximum Gasteiger partial charge on any atom is 0.162 e. The third kappa shape index (κ3) is 3.21. The first kappa shape index (κ1) is 17.2. The molecule has 2 heterocycles. The maximum atomic E-state index is 6.21. The highest BCUT2D eigenvalue weighted by Gasteiger charge is 2.11. The van der Waals surface area contributed by atoms with Gasteiger partial charge in [-0.15, -0.1) is 0 Å². The van der Waals surface area contributed by atoms with Gasteiger partial charge in [0.1, 0.15) is 5.82 Å². The molecule has 0 radical (unpaired) electrons. The van der Waals surface area contributed by atoms with E-state index in [2.05, 4.69) is 31.4 Å². The normalized spacial score (nSPS) is 11.2. The topological polar surface area (TPSA) is 66.5 Å². The SMILES string of the molecule is Clc1ccc2c(Nc3ccc4[nH]ncc4c3)nc(-c3cccc(Br)c3)nc2c1. The van der Waals surface area contributed by atoms with Gasteiger partial charge in [-0.25, -0.2) is 9.97 Å². The molecular weight excluding hydrogens is 438 g/mol. The number of nitrogens with one attached hydrogen (secondary N) is 2. The van der Waals surface area contributed by atoms with Gasteiger partial charge >= 0.3 is 0 Å². The van der Waals surface area contributed by atoms with E-state index >= 15 is 0 Å². The molecule has 2 N–H and O–H groups in total. The number of fused-ring (bicyclic) bond motifs is 2. The maximum absolute atomic E-state index is 6.21. The van der Waals surface area contributed by atoms with E-state index in [4.69, 9.17) is 21.6 Å². The summed E-state index contributed by atoms with van der Waals surface area (Å²) in [6.07, 6.45) is 1.80. The summed E-state index contributed by atoms with van der Waals surface area (Å²) < 4.78 is 0.972. The molecule has 136 valence electrons. The monoisotopic (exact) mass is 449 g/mol. The second-order valence-electron chi connectivity index (χ2n) is 6.36. The molecule has 0 aliphatic heterocycles. The lowest BCUT2D eigenvalue weighted by Gasteiger charge is -2.12.